The van der Waals surface area contributed by atoms with Gasteiger partial charge in [-0.25, -0.2) is 0 Å². The zero-order chi connectivity index (χ0) is 34.1. The van der Waals surface area contributed by atoms with Crippen molar-refractivity contribution in [1.29, 1.82) is 0 Å². The van der Waals surface area contributed by atoms with E-state index in [0.29, 0.717) is 0 Å². The fourth-order valence-corrected chi connectivity index (χ4v) is 8.70. The normalized spacial score (nSPS) is 13.1. The molecule has 240 valence electrons. The lowest BCUT2D eigenvalue weighted by Gasteiger charge is -2.21. The third kappa shape index (κ3) is 4.68. The number of rotatable bonds is 4. The first-order valence-electron chi connectivity index (χ1n) is 17.9. The van der Waals surface area contributed by atoms with Crippen molar-refractivity contribution in [3.05, 3.63) is 193 Å². The Morgan fingerprint density at radius 1 is 0.294 bits per heavy atom. The number of benzene rings is 9. The highest BCUT2D eigenvalue weighted by molar-refractivity contribution is 6.21. The largest absolute Gasteiger partial charge is 0.0619 e. The molecule has 0 heterocycles. The van der Waals surface area contributed by atoms with Gasteiger partial charge < -0.3 is 0 Å². The molecule has 0 N–H and O–H groups in total. The summed E-state index contributed by atoms with van der Waals surface area (Å²) in [7, 11) is 0. The summed E-state index contributed by atoms with van der Waals surface area (Å²) < 4.78 is 0. The predicted octanol–water partition coefficient (Wildman–Crippen LogP) is 14.1. The van der Waals surface area contributed by atoms with Crippen LogP contribution in [-0.2, 0) is 5.41 Å². The summed E-state index contributed by atoms with van der Waals surface area (Å²) in [6.07, 6.45) is 0. The molecule has 0 spiro atoms. The first kappa shape index (κ1) is 29.7. The summed E-state index contributed by atoms with van der Waals surface area (Å²) in [6.45, 7) is 4.68. The van der Waals surface area contributed by atoms with Crippen molar-refractivity contribution in [2.75, 3.05) is 0 Å². The predicted molar refractivity (Wildman–Crippen MR) is 218 cm³/mol. The maximum absolute atomic E-state index is 2.39. The van der Waals surface area contributed by atoms with Crippen LogP contribution in [0, 0.1) is 0 Å². The van der Waals surface area contributed by atoms with Crippen LogP contribution in [-0.4, -0.2) is 0 Å². The molecule has 0 aliphatic heterocycles. The number of hydrogen-bond acceptors (Lipinski definition) is 0. The topological polar surface area (TPSA) is 0 Å². The molecule has 1 aliphatic rings. The molecule has 0 radical (unpaired) electrons. The lowest BCUT2D eigenvalue weighted by Crippen LogP contribution is -2.14. The van der Waals surface area contributed by atoms with E-state index in [-0.39, 0.29) is 5.41 Å². The summed E-state index contributed by atoms with van der Waals surface area (Å²) >= 11 is 0. The SMILES string of the molecule is CC1(C)c2ccccc2-c2cc(-c3ccc(-c4c5ccccc5c(-c5cccc(-c6ccc7ccccc7c6)c5)c5ccccc45)cc3)ccc21. The van der Waals surface area contributed by atoms with E-state index in [4.69, 9.17) is 0 Å². The van der Waals surface area contributed by atoms with Gasteiger partial charge in [0.25, 0.3) is 0 Å². The molecule has 0 amide bonds. The van der Waals surface area contributed by atoms with E-state index < -0.39 is 0 Å². The van der Waals surface area contributed by atoms with Crippen molar-refractivity contribution in [2.45, 2.75) is 19.3 Å². The second-order valence-electron chi connectivity index (χ2n) is 14.5. The smallest absolute Gasteiger partial charge is 0.0158 e. The van der Waals surface area contributed by atoms with Gasteiger partial charge in [-0.15, -0.1) is 0 Å². The summed E-state index contributed by atoms with van der Waals surface area (Å²) in [5.74, 6) is 0. The molecule has 0 nitrogen and oxygen atoms in total. The third-order valence-electron chi connectivity index (χ3n) is 11.3. The van der Waals surface area contributed by atoms with Crippen molar-refractivity contribution in [3.63, 3.8) is 0 Å². The van der Waals surface area contributed by atoms with Gasteiger partial charge in [0.05, 0.1) is 0 Å². The standard InChI is InChI=1S/C51H36/c1-51(2)47-21-10-9-16-41(47)46-32-39(28-29-48(46)51)34-22-25-35(26-23-34)49-42-17-5-7-19-44(42)50(45-20-8-6-18-43(45)49)40-15-11-14-37(31-40)38-27-24-33-12-3-4-13-36(33)30-38/h3-32H,1-2H3. The Hall–Kier alpha value is -6.24. The zero-order valence-electron chi connectivity index (χ0n) is 28.8. The molecule has 0 unspecified atom stereocenters. The van der Waals surface area contributed by atoms with Gasteiger partial charge in [-0.2, -0.15) is 0 Å². The Bertz CT molecular complexity index is 2760. The van der Waals surface area contributed by atoms with Crippen molar-refractivity contribution >= 4 is 32.3 Å². The fourth-order valence-electron chi connectivity index (χ4n) is 8.70. The Labute approximate surface area is 299 Å². The number of fused-ring (bicyclic) bond motifs is 6. The molecule has 1 aliphatic carbocycles. The molecular weight excluding hydrogens is 613 g/mol. The van der Waals surface area contributed by atoms with Crippen LogP contribution in [0.4, 0.5) is 0 Å². The molecule has 9 aromatic rings. The van der Waals surface area contributed by atoms with E-state index in [9.17, 15) is 0 Å². The average Bonchev–Trinajstić information content (AvgIpc) is 3.42. The molecule has 0 saturated carbocycles. The molecule has 0 aromatic heterocycles. The van der Waals surface area contributed by atoms with Crippen LogP contribution < -0.4 is 0 Å². The lowest BCUT2D eigenvalue weighted by molar-refractivity contribution is 0.660. The molecule has 0 bridgehead atoms. The van der Waals surface area contributed by atoms with Gasteiger partial charge in [-0.1, -0.05) is 178 Å². The first-order chi connectivity index (χ1) is 25.0. The third-order valence-corrected chi connectivity index (χ3v) is 11.3. The van der Waals surface area contributed by atoms with Gasteiger partial charge in [-0.3, -0.25) is 0 Å². The minimum Gasteiger partial charge on any atom is -0.0619 e. The van der Waals surface area contributed by atoms with Gasteiger partial charge in [0.15, 0.2) is 0 Å². The Balaban J connectivity index is 1.10. The Morgan fingerprint density at radius 3 is 1.51 bits per heavy atom. The molecule has 0 fully saturated rings. The van der Waals surface area contributed by atoms with Crippen molar-refractivity contribution in [3.8, 4) is 55.6 Å². The highest BCUT2D eigenvalue weighted by Crippen LogP contribution is 2.50. The second-order valence-corrected chi connectivity index (χ2v) is 14.5. The van der Waals surface area contributed by atoms with Gasteiger partial charge in [0.1, 0.15) is 0 Å². The van der Waals surface area contributed by atoms with Crippen LogP contribution in [0.25, 0.3) is 88.0 Å². The first-order valence-corrected chi connectivity index (χ1v) is 17.9. The summed E-state index contributed by atoms with van der Waals surface area (Å²) in [5, 5.41) is 7.60. The van der Waals surface area contributed by atoms with E-state index in [2.05, 4.69) is 196 Å². The Morgan fingerprint density at radius 2 is 0.784 bits per heavy atom. The molecule has 0 atom stereocenters. The molecular formula is C51H36. The second kappa shape index (κ2) is 11.4. The number of hydrogen-bond donors (Lipinski definition) is 0. The van der Waals surface area contributed by atoms with E-state index >= 15 is 0 Å². The quantitative estimate of drug-likeness (QED) is 0.167. The summed E-state index contributed by atoms with van der Waals surface area (Å²) in [6, 6.07) is 67.4. The van der Waals surface area contributed by atoms with Gasteiger partial charge >= 0.3 is 0 Å². The molecule has 0 heteroatoms. The maximum Gasteiger partial charge on any atom is 0.0158 e. The highest BCUT2D eigenvalue weighted by Gasteiger charge is 2.35. The average molecular weight is 649 g/mol. The maximum atomic E-state index is 2.39. The van der Waals surface area contributed by atoms with E-state index in [1.54, 1.807) is 0 Å². The molecule has 9 aromatic carbocycles. The van der Waals surface area contributed by atoms with Crippen LogP contribution >= 0.6 is 0 Å². The van der Waals surface area contributed by atoms with Crippen LogP contribution in [0.15, 0.2) is 182 Å². The summed E-state index contributed by atoms with van der Waals surface area (Å²) in [4.78, 5) is 0. The zero-order valence-corrected chi connectivity index (χ0v) is 28.8. The van der Waals surface area contributed by atoms with E-state index in [0.717, 1.165) is 0 Å². The lowest BCUT2D eigenvalue weighted by atomic mass is 9.82. The minimum absolute atomic E-state index is 0.0142. The molecule has 0 saturated heterocycles. The Kier molecular flexibility index (Phi) is 6.63. The van der Waals surface area contributed by atoms with Crippen molar-refractivity contribution in [1.82, 2.24) is 0 Å². The summed E-state index contributed by atoms with van der Waals surface area (Å²) in [5.41, 5.74) is 15.5. The van der Waals surface area contributed by atoms with Crippen LogP contribution in [0.5, 0.6) is 0 Å². The van der Waals surface area contributed by atoms with E-state index in [1.807, 2.05) is 0 Å². The van der Waals surface area contributed by atoms with Crippen LogP contribution in [0.1, 0.15) is 25.0 Å². The van der Waals surface area contributed by atoms with Crippen molar-refractivity contribution in [2.24, 2.45) is 0 Å². The molecule has 10 rings (SSSR count). The molecule has 51 heavy (non-hydrogen) atoms. The van der Waals surface area contributed by atoms with Crippen LogP contribution in [0.2, 0.25) is 0 Å². The van der Waals surface area contributed by atoms with Crippen molar-refractivity contribution < 1.29 is 0 Å². The van der Waals surface area contributed by atoms with Gasteiger partial charge in [-0.05, 0) is 117 Å². The van der Waals surface area contributed by atoms with E-state index in [1.165, 1.54) is 99.1 Å². The van der Waals surface area contributed by atoms with Gasteiger partial charge in [0.2, 0.25) is 0 Å². The monoisotopic (exact) mass is 648 g/mol. The van der Waals surface area contributed by atoms with Gasteiger partial charge in [0, 0.05) is 5.41 Å². The fraction of sp³-hybridized carbons (Fsp3) is 0.0588. The minimum atomic E-state index is 0.0142. The van der Waals surface area contributed by atoms with Crippen LogP contribution in [0.3, 0.4) is 0 Å². The highest BCUT2D eigenvalue weighted by atomic mass is 14.4.